The van der Waals surface area contributed by atoms with Crippen LogP contribution in [0, 0.1) is 0 Å². The van der Waals surface area contributed by atoms with Crippen molar-refractivity contribution in [1.29, 1.82) is 0 Å². The van der Waals surface area contributed by atoms with Crippen LogP contribution < -0.4 is 4.74 Å². The van der Waals surface area contributed by atoms with Crippen LogP contribution >= 0.6 is 35.0 Å². The van der Waals surface area contributed by atoms with Gasteiger partial charge in [0.2, 0.25) is 0 Å². The lowest BCUT2D eigenvalue weighted by molar-refractivity contribution is -0.123. The Kier molecular flexibility index (Phi) is 6.83. The van der Waals surface area contributed by atoms with Crippen molar-refractivity contribution < 1.29 is 19.1 Å². The van der Waals surface area contributed by atoms with Crippen molar-refractivity contribution in [3.8, 4) is 5.75 Å². The van der Waals surface area contributed by atoms with E-state index >= 15 is 0 Å². The average Bonchev–Trinajstić information content (AvgIpc) is 3.14. The van der Waals surface area contributed by atoms with Crippen LogP contribution in [0.15, 0.2) is 89.8 Å². The zero-order valence-corrected chi connectivity index (χ0v) is 20.9. The van der Waals surface area contributed by atoms with E-state index in [1.807, 2.05) is 36.4 Å². The third-order valence-corrected chi connectivity index (χ3v) is 7.27. The molecule has 8 heteroatoms. The highest BCUT2D eigenvalue weighted by Gasteiger charge is 2.35. The first kappa shape index (κ1) is 24.1. The monoisotopic (exact) mass is 533 g/mol. The summed E-state index contributed by atoms with van der Waals surface area (Å²) in [6.45, 7) is -0.0103. The Morgan fingerprint density at radius 2 is 1.53 bits per heavy atom. The van der Waals surface area contributed by atoms with E-state index in [2.05, 4.69) is 0 Å². The Labute approximate surface area is 221 Å². The fraction of sp³-hybridized carbons (Fsp3) is 0.0357. The largest absolute Gasteiger partial charge is 0.423 e. The maximum atomic E-state index is 12.9. The number of carbonyl (C=O) groups is 3. The van der Waals surface area contributed by atoms with Gasteiger partial charge in [-0.3, -0.25) is 14.5 Å². The van der Waals surface area contributed by atoms with E-state index in [1.54, 1.807) is 54.6 Å². The second kappa shape index (κ2) is 10.2. The van der Waals surface area contributed by atoms with Crippen LogP contribution in [0.2, 0.25) is 10.0 Å². The van der Waals surface area contributed by atoms with Crippen LogP contribution in [-0.4, -0.2) is 22.0 Å². The lowest BCUT2D eigenvalue weighted by atomic mass is 10.0. The summed E-state index contributed by atoms with van der Waals surface area (Å²) >= 11 is 13.2. The molecule has 0 aliphatic carbocycles. The summed E-state index contributed by atoms with van der Waals surface area (Å²) in [5, 5.41) is 2.14. The first-order valence-corrected chi connectivity index (χ1v) is 12.5. The number of hydrogen-bond donors (Lipinski definition) is 0. The highest BCUT2D eigenvalue weighted by molar-refractivity contribution is 8.18. The molecule has 1 aliphatic rings. The van der Waals surface area contributed by atoms with Gasteiger partial charge in [0.15, 0.2) is 0 Å². The van der Waals surface area contributed by atoms with Crippen molar-refractivity contribution in [3.05, 3.63) is 117 Å². The van der Waals surface area contributed by atoms with E-state index in [0.29, 0.717) is 32.5 Å². The minimum absolute atomic E-state index is 0.0103. The SMILES string of the molecule is O=C(Oc1ccc(/C=C2\SC(=O)N(Cc3c(Cl)cccc3Cl)C2=O)cc1)c1cccc2ccccc12. The predicted molar refractivity (Wildman–Crippen MR) is 143 cm³/mol. The molecule has 0 N–H and O–H groups in total. The number of thioether (sulfide) groups is 1. The molecule has 36 heavy (non-hydrogen) atoms. The molecule has 1 saturated heterocycles. The van der Waals surface area contributed by atoms with Crippen LogP contribution in [0.25, 0.3) is 16.8 Å². The minimum Gasteiger partial charge on any atom is -0.423 e. The summed E-state index contributed by atoms with van der Waals surface area (Å²) in [4.78, 5) is 39.5. The number of halogens is 2. The van der Waals surface area contributed by atoms with E-state index in [4.69, 9.17) is 27.9 Å². The van der Waals surface area contributed by atoms with Gasteiger partial charge in [-0.2, -0.15) is 0 Å². The Bertz CT molecular complexity index is 1520. The molecule has 178 valence electrons. The van der Waals surface area contributed by atoms with Gasteiger partial charge < -0.3 is 4.74 Å². The number of rotatable bonds is 5. The number of imide groups is 1. The molecule has 1 aliphatic heterocycles. The van der Waals surface area contributed by atoms with Crippen LogP contribution in [0.3, 0.4) is 0 Å². The fourth-order valence-electron chi connectivity index (χ4n) is 3.83. The first-order valence-electron chi connectivity index (χ1n) is 10.9. The van der Waals surface area contributed by atoms with E-state index in [-0.39, 0.29) is 11.4 Å². The van der Waals surface area contributed by atoms with Gasteiger partial charge >= 0.3 is 5.97 Å². The molecule has 4 aromatic carbocycles. The number of amides is 2. The van der Waals surface area contributed by atoms with Crippen molar-refractivity contribution in [2.45, 2.75) is 6.54 Å². The maximum Gasteiger partial charge on any atom is 0.344 e. The molecule has 5 nitrogen and oxygen atoms in total. The van der Waals surface area contributed by atoms with Crippen molar-refractivity contribution in [2.24, 2.45) is 0 Å². The van der Waals surface area contributed by atoms with E-state index < -0.39 is 17.1 Å². The van der Waals surface area contributed by atoms with Gasteiger partial charge in [-0.1, -0.05) is 77.8 Å². The molecule has 0 unspecified atom stereocenters. The number of nitrogens with zero attached hydrogens (tertiary/aromatic N) is 1. The van der Waals surface area contributed by atoms with Gasteiger partial charge in [0, 0.05) is 15.6 Å². The van der Waals surface area contributed by atoms with Crippen molar-refractivity contribution in [1.82, 2.24) is 4.90 Å². The summed E-state index contributed by atoms with van der Waals surface area (Å²) in [5.41, 5.74) is 1.67. The van der Waals surface area contributed by atoms with Gasteiger partial charge in [-0.25, -0.2) is 4.79 Å². The quantitative estimate of drug-likeness (QED) is 0.150. The molecule has 0 aromatic heterocycles. The predicted octanol–water partition coefficient (Wildman–Crippen LogP) is 7.60. The summed E-state index contributed by atoms with van der Waals surface area (Å²) in [6.07, 6.45) is 1.62. The van der Waals surface area contributed by atoms with Crippen LogP contribution in [-0.2, 0) is 11.3 Å². The van der Waals surface area contributed by atoms with Gasteiger partial charge in [0.05, 0.1) is 17.0 Å². The Balaban J connectivity index is 1.30. The van der Waals surface area contributed by atoms with E-state index in [9.17, 15) is 14.4 Å². The van der Waals surface area contributed by atoms with Gasteiger partial charge in [-0.05, 0) is 64.5 Å². The standard InChI is InChI=1S/C28H17Cl2NO4S/c29-23-9-4-10-24(30)22(23)16-31-26(32)25(36-28(31)34)15-17-11-13-19(14-12-17)35-27(33)21-8-3-6-18-5-1-2-7-20(18)21/h1-15H,16H2/b25-15-. The van der Waals surface area contributed by atoms with Gasteiger partial charge in [0.25, 0.3) is 11.1 Å². The molecule has 2 amide bonds. The normalized spacial score (nSPS) is 14.6. The highest BCUT2D eigenvalue weighted by atomic mass is 35.5. The van der Waals surface area contributed by atoms with Crippen molar-refractivity contribution in [3.63, 3.8) is 0 Å². The first-order chi connectivity index (χ1) is 17.4. The van der Waals surface area contributed by atoms with Gasteiger partial charge in [0.1, 0.15) is 5.75 Å². The molecular formula is C28H17Cl2NO4S. The molecule has 1 heterocycles. The molecule has 0 saturated carbocycles. The molecule has 0 radical (unpaired) electrons. The number of carbonyl (C=O) groups excluding carboxylic acids is 3. The molecule has 0 spiro atoms. The zero-order valence-electron chi connectivity index (χ0n) is 18.6. The maximum absolute atomic E-state index is 12.9. The van der Waals surface area contributed by atoms with Crippen LogP contribution in [0.1, 0.15) is 21.5 Å². The number of esters is 1. The van der Waals surface area contributed by atoms with Crippen molar-refractivity contribution in [2.75, 3.05) is 0 Å². The zero-order chi connectivity index (χ0) is 25.2. The fourth-order valence-corrected chi connectivity index (χ4v) is 5.18. The Morgan fingerprint density at radius 3 is 2.28 bits per heavy atom. The molecule has 1 fully saturated rings. The van der Waals surface area contributed by atoms with Crippen LogP contribution in [0.5, 0.6) is 5.75 Å². The highest BCUT2D eigenvalue weighted by Crippen LogP contribution is 2.35. The second-order valence-corrected chi connectivity index (χ2v) is 9.76. The van der Waals surface area contributed by atoms with Crippen molar-refractivity contribution >= 4 is 68.9 Å². The molecule has 0 bridgehead atoms. The lowest BCUT2D eigenvalue weighted by Gasteiger charge is -2.14. The van der Waals surface area contributed by atoms with E-state index in [0.717, 1.165) is 27.4 Å². The summed E-state index contributed by atoms with van der Waals surface area (Å²) in [6, 6.07) is 24.8. The Hall–Kier alpha value is -3.58. The molecule has 5 rings (SSSR count). The number of fused-ring (bicyclic) bond motifs is 1. The Morgan fingerprint density at radius 1 is 0.861 bits per heavy atom. The summed E-state index contributed by atoms with van der Waals surface area (Å²) in [5.74, 6) is -0.516. The molecule has 0 atom stereocenters. The summed E-state index contributed by atoms with van der Waals surface area (Å²) in [7, 11) is 0. The number of ether oxygens (including phenoxy) is 1. The smallest absolute Gasteiger partial charge is 0.344 e. The topological polar surface area (TPSA) is 63.7 Å². The summed E-state index contributed by atoms with van der Waals surface area (Å²) < 4.78 is 5.56. The third-order valence-electron chi connectivity index (χ3n) is 5.65. The minimum atomic E-state index is -0.459. The average molecular weight is 534 g/mol. The molecule has 4 aromatic rings. The third kappa shape index (κ3) is 4.88. The van der Waals surface area contributed by atoms with Gasteiger partial charge in [-0.15, -0.1) is 0 Å². The van der Waals surface area contributed by atoms with Crippen LogP contribution in [0.4, 0.5) is 4.79 Å². The lowest BCUT2D eigenvalue weighted by Crippen LogP contribution is -2.27. The van der Waals surface area contributed by atoms with E-state index in [1.165, 1.54) is 0 Å². The molecular weight excluding hydrogens is 517 g/mol. The second-order valence-electron chi connectivity index (χ2n) is 7.95. The number of benzene rings is 4. The number of hydrogen-bond acceptors (Lipinski definition) is 5.